The predicted molar refractivity (Wildman–Crippen MR) is 131 cm³/mol. The van der Waals surface area contributed by atoms with Gasteiger partial charge in [0, 0.05) is 48.6 Å². The molecule has 168 valence electrons. The lowest BCUT2D eigenvalue weighted by Gasteiger charge is -2.21. The Balaban J connectivity index is 1.32. The minimum absolute atomic E-state index is 0.0410. The zero-order valence-electron chi connectivity index (χ0n) is 18.9. The summed E-state index contributed by atoms with van der Waals surface area (Å²) in [6.07, 6.45) is 5.09. The molecule has 6 nitrogen and oxygen atoms in total. The Morgan fingerprint density at radius 2 is 1.79 bits per heavy atom. The van der Waals surface area contributed by atoms with Crippen LogP contribution in [0.5, 0.6) is 0 Å². The van der Waals surface area contributed by atoms with Crippen LogP contribution in [-0.4, -0.2) is 36.4 Å². The SMILES string of the molecule is Cc1ccc(N2CCCC2)c(C(=O)Nc2ccc3c(c2)CCN3C(=O)Cc2ccccn2)c1. The second kappa shape index (κ2) is 9.06. The smallest absolute Gasteiger partial charge is 0.257 e. The number of fused-ring (bicyclic) bond motifs is 1. The average molecular weight is 441 g/mol. The summed E-state index contributed by atoms with van der Waals surface area (Å²) in [7, 11) is 0. The van der Waals surface area contributed by atoms with Crippen LogP contribution in [0.3, 0.4) is 0 Å². The van der Waals surface area contributed by atoms with E-state index in [2.05, 4.69) is 27.3 Å². The summed E-state index contributed by atoms with van der Waals surface area (Å²) in [5, 5.41) is 3.08. The van der Waals surface area contributed by atoms with Gasteiger partial charge in [-0.05, 0) is 74.2 Å². The van der Waals surface area contributed by atoms with Gasteiger partial charge in [0.1, 0.15) is 0 Å². The molecule has 3 heterocycles. The van der Waals surface area contributed by atoms with Crippen LogP contribution in [-0.2, 0) is 17.6 Å². The van der Waals surface area contributed by atoms with Gasteiger partial charge in [-0.25, -0.2) is 0 Å². The maximum Gasteiger partial charge on any atom is 0.257 e. The monoisotopic (exact) mass is 440 g/mol. The fraction of sp³-hybridized carbons (Fsp3) is 0.296. The average Bonchev–Trinajstić information content (AvgIpc) is 3.50. The number of carbonyl (C=O) groups excluding carboxylic acids is 2. The minimum atomic E-state index is -0.0957. The zero-order chi connectivity index (χ0) is 22.8. The van der Waals surface area contributed by atoms with Crippen molar-refractivity contribution in [3.63, 3.8) is 0 Å². The van der Waals surface area contributed by atoms with Crippen molar-refractivity contribution in [2.45, 2.75) is 32.6 Å². The number of carbonyl (C=O) groups is 2. The molecule has 2 amide bonds. The first-order chi connectivity index (χ1) is 16.1. The summed E-state index contributed by atoms with van der Waals surface area (Å²) in [6.45, 7) is 4.64. The Morgan fingerprint density at radius 1 is 0.970 bits per heavy atom. The number of nitrogens with one attached hydrogen (secondary N) is 1. The molecule has 0 aliphatic carbocycles. The van der Waals surface area contributed by atoms with Gasteiger partial charge in [0.05, 0.1) is 12.0 Å². The summed E-state index contributed by atoms with van der Waals surface area (Å²) < 4.78 is 0. The van der Waals surface area contributed by atoms with E-state index in [1.165, 1.54) is 0 Å². The Morgan fingerprint density at radius 3 is 2.58 bits per heavy atom. The van der Waals surface area contributed by atoms with Crippen molar-refractivity contribution in [2.24, 2.45) is 0 Å². The van der Waals surface area contributed by atoms with Crippen molar-refractivity contribution in [3.05, 3.63) is 83.2 Å². The lowest BCUT2D eigenvalue weighted by Crippen LogP contribution is -2.30. The van der Waals surface area contributed by atoms with Crippen molar-refractivity contribution < 1.29 is 9.59 Å². The molecule has 1 saturated heterocycles. The Bertz CT molecular complexity index is 1190. The molecule has 5 rings (SSSR count). The largest absolute Gasteiger partial charge is 0.371 e. The first-order valence-electron chi connectivity index (χ1n) is 11.6. The molecule has 0 atom stereocenters. The fourth-order valence-corrected chi connectivity index (χ4v) is 4.76. The minimum Gasteiger partial charge on any atom is -0.371 e. The van der Waals surface area contributed by atoms with Gasteiger partial charge in [-0.1, -0.05) is 17.7 Å². The topological polar surface area (TPSA) is 65.5 Å². The van der Waals surface area contributed by atoms with Crippen LogP contribution in [0.2, 0.25) is 0 Å². The van der Waals surface area contributed by atoms with E-state index in [9.17, 15) is 9.59 Å². The van der Waals surface area contributed by atoms with E-state index in [1.54, 1.807) is 6.20 Å². The zero-order valence-corrected chi connectivity index (χ0v) is 18.9. The van der Waals surface area contributed by atoms with Crippen LogP contribution < -0.4 is 15.1 Å². The quantitative estimate of drug-likeness (QED) is 0.640. The predicted octanol–water partition coefficient (Wildman–Crippen LogP) is 4.37. The van der Waals surface area contributed by atoms with Crippen LogP contribution >= 0.6 is 0 Å². The molecule has 1 aromatic heterocycles. The van der Waals surface area contributed by atoms with Crippen molar-refractivity contribution in [2.75, 3.05) is 34.8 Å². The molecule has 33 heavy (non-hydrogen) atoms. The number of nitrogens with zero attached hydrogens (tertiary/aromatic N) is 3. The van der Waals surface area contributed by atoms with E-state index in [1.807, 2.05) is 54.3 Å². The highest BCUT2D eigenvalue weighted by molar-refractivity contribution is 6.08. The number of anilines is 3. The van der Waals surface area contributed by atoms with Crippen LogP contribution in [0.4, 0.5) is 17.1 Å². The number of amides is 2. The van der Waals surface area contributed by atoms with Crippen molar-refractivity contribution in [1.29, 1.82) is 0 Å². The summed E-state index contributed by atoms with van der Waals surface area (Å²) in [5.41, 5.74) is 6.30. The van der Waals surface area contributed by atoms with Gasteiger partial charge >= 0.3 is 0 Å². The molecule has 0 bridgehead atoms. The van der Waals surface area contributed by atoms with E-state index < -0.39 is 0 Å². The highest BCUT2D eigenvalue weighted by Crippen LogP contribution is 2.32. The normalized spacial score (nSPS) is 14.9. The highest BCUT2D eigenvalue weighted by Gasteiger charge is 2.26. The van der Waals surface area contributed by atoms with Gasteiger partial charge < -0.3 is 15.1 Å². The first kappa shape index (κ1) is 21.2. The van der Waals surface area contributed by atoms with Gasteiger partial charge in [-0.3, -0.25) is 14.6 Å². The molecule has 0 radical (unpaired) electrons. The maximum absolute atomic E-state index is 13.2. The lowest BCUT2D eigenvalue weighted by molar-refractivity contribution is -0.117. The molecular weight excluding hydrogens is 412 g/mol. The number of pyridine rings is 1. The molecule has 2 aliphatic rings. The summed E-state index contributed by atoms with van der Waals surface area (Å²) >= 11 is 0. The Hall–Kier alpha value is -3.67. The van der Waals surface area contributed by atoms with Gasteiger partial charge in [0.15, 0.2) is 0 Å². The number of aromatic nitrogens is 1. The molecule has 0 saturated carbocycles. The summed E-state index contributed by atoms with van der Waals surface area (Å²) in [4.78, 5) is 34.4. The maximum atomic E-state index is 13.2. The molecule has 6 heteroatoms. The number of hydrogen-bond donors (Lipinski definition) is 1. The fourth-order valence-electron chi connectivity index (χ4n) is 4.76. The lowest BCUT2D eigenvalue weighted by atomic mass is 10.1. The molecule has 1 fully saturated rings. The summed E-state index contributed by atoms with van der Waals surface area (Å²) in [5.74, 6) is -0.0547. The van der Waals surface area contributed by atoms with Crippen LogP contribution in [0.25, 0.3) is 0 Å². The van der Waals surface area contributed by atoms with E-state index >= 15 is 0 Å². The molecular formula is C27H28N4O2. The van der Waals surface area contributed by atoms with Gasteiger partial charge in [0.2, 0.25) is 5.91 Å². The van der Waals surface area contributed by atoms with Crippen molar-refractivity contribution in [1.82, 2.24) is 4.98 Å². The third-order valence-corrected chi connectivity index (χ3v) is 6.44. The van der Waals surface area contributed by atoms with Crippen LogP contribution in [0.1, 0.15) is 40.0 Å². The molecule has 3 aromatic rings. The molecule has 2 aliphatic heterocycles. The number of hydrogen-bond acceptors (Lipinski definition) is 4. The van der Waals surface area contributed by atoms with Crippen molar-refractivity contribution in [3.8, 4) is 0 Å². The molecule has 0 unspecified atom stereocenters. The number of benzene rings is 2. The van der Waals surface area contributed by atoms with Gasteiger partial charge in [-0.2, -0.15) is 0 Å². The second-order valence-electron chi connectivity index (χ2n) is 8.81. The number of rotatable bonds is 5. The molecule has 0 spiro atoms. The molecule has 1 N–H and O–H groups in total. The molecule has 2 aromatic carbocycles. The van der Waals surface area contributed by atoms with E-state index in [4.69, 9.17) is 0 Å². The highest BCUT2D eigenvalue weighted by atomic mass is 16.2. The van der Waals surface area contributed by atoms with E-state index in [0.29, 0.717) is 12.1 Å². The standard InChI is InChI=1S/C27H28N4O2/c1-19-7-9-25(30-13-4-5-14-30)23(16-19)27(33)29-22-8-10-24-20(17-22)11-15-31(24)26(32)18-21-6-2-3-12-28-21/h2-3,6-10,12,16-17H,4-5,11,13-15,18H2,1H3,(H,29,33). The third kappa shape index (κ3) is 4.46. The number of aryl methyl sites for hydroxylation is 1. The second-order valence-corrected chi connectivity index (χ2v) is 8.81. The van der Waals surface area contributed by atoms with E-state index in [0.717, 1.165) is 66.2 Å². The van der Waals surface area contributed by atoms with E-state index in [-0.39, 0.29) is 18.2 Å². The Labute approximate surface area is 194 Å². The summed E-state index contributed by atoms with van der Waals surface area (Å²) in [6, 6.07) is 17.5. The van der Waals surface area contributed by atoms with Crippen LogP contribution in [0, 0.1) is 6.92 Å². The van der Waals surface area contributed by atoms with Crippen LogP contribution in [0.15, 0.2) is 60.8 Å². The Kier molecular flexibility index (Phi) is 5.82. The van der Waals surface area contributed by atoms with Gasteiger partial charge in [0.25, 0.3) is 5.91 Å². The third-order valence-electron chi connectivity index (χ3n) is 6.44. The first-order valence-corrected chi connectivity index (χ1v) is 11.6. The van der Waals surface area contributed by atoms with Gasteiger partial charge in [-0.15, -0.1) is 0 Å². The van der Waals surface area contributed by atoms with Crippen molar-refractivity contribution >= 4 is 28.9 Å².